The van der Waals surface area contributed by atoms with Crippen LogP contribution in [0.5, 0.6) is 0 Å². The van der Waals surface area contributed by atoms with Gasteiger partial charge in [-0.05, 0) is 38.3 Å². The summed E-state index contributed by atoms with van der Waals surface area (Å²) >= 11 is 0. The van der Waals surface area contributed by atoms with Gasteiger partial charge in [0.25, 0.3) is 0 Å². The third-order valence-electron chi connectivity index (χ3n) is 7.30. The minimum absolute atomic E-state index is 0.0294. The fraction of sp³-hybridized carbons (Fsp3) is 0.500. The minimum Gasteiger partial charge on any atom is -0.467 e. The topological polar surface area (TPSA) is 34.5 Å². The van der Waals surface area contributed by atoms with Gasteiger partial charge in [0.05, 0.1) is 12.6 Å². The highest BCUT2D eigenvalue weighted by Crippen LogP contribution is 2.61. The SMILES string of the molecule is CC=C1CN2CCc3c4n(c5ccccc35)C(C(=O)OC)C1(C)CC42C. The molecule has 3 unspecified atom stereocenters. The van der Waals surface area contributed by atoms with Crippen LogP contribution in [0.1, 0.15) is 44.5 Å². The summed E-state index contributed by atoms with van der Waals surface area (Å²) in [6.45, 7) is 8.76. The van der Waals surface area contributed by atoms with E-state index in [-0.39, 0.29) is 23.0 Å². The van der Waals surface area contributed by atoms with E-state index in [1.165, 1.54) is 34.8 Å². The average molecular weight is 350 g/mol. The fourth-order valence-electron chi connectivity index (χ4n) is 6.20. The number of carbonyl (C=O) groups excluding carboxylic acids is 1. The second-order valence-corrected chi connectivity index (χ2v) is 8.49. The van der Waals surface area contributed by atoms with E-state index < -0.39 is 0 Å². The number of hydrogen-bond donors (Lipinski definition) is 0. The highest BCUT2D eigenvalue weighted by molar-refractivity contribution is 5.90. The molecule has 0 N–H and O–H groups in total. The Bertz CT molecular complexity index is 972. The van der Waals surface area contributed by atoms with Gasteiger partial charge in [0.15, 0.2) is 0 Å². The maximum Gasteiger partial charge on any atom is 0.329 e. The first kappa shape index (κ1) is 16.1. The standard InChI is InChI=1S/C22H26N2O2/c1-5-14-12-23-11-10-16-15-8-6-7-9-17(15)24-18(16)22(23,3)13-21(14,2)19(24)20(25)26-4/h5-9,19H,10-13H2,1-4H3. The molecule has 0 spiro atoms. The third kappa shape index (κ3) is 1.67. The number of piperidine rings is 1. The Morgan fingerprint density at radius 3 is 2.81 bits per heavy atom. The summed E-state index contributed by atoms with van der Waals surface area (Å²) in [4.78, 5) is 15.7. The number of nitrogens with zero attached hydrogens (tertiary/aromatic N) is 2. The van der Waals surface area contributed by atoms with Crippen molar-refractivity contribution >= 4 is 16.9 Å². The van der Waals surface area contributed by atoms with Crippen molar-refractivity contribution in [3.05, 3.63) is 47.2 Å². The van der Waals surface area contributed by atoms with Crippen LogP contribution in [0.4, 0.5) is 0 Å². The van der Waals surface area contributed by atoms with E-state index in [1.54, 1.807) is 0 Å². The Balaban J connectivity index is 1.94. The van der Waals surface area contributed by atoms with Gasteiger partial charge in [-0.25, -0.2) is 4.79 Å². The van der Waals surface area contributed by atoms with Gasteiger partial charge in [-0.2, -0.15) is 0 Å². The molecule has 0 aliphatic carbocycles. The van der Waals surface area contributed by atoms with Crippen LogP contribution in [0.2, 0.25) is 0 Å². The lowest BCUT2D eigenvalue weighted by Gasteiger charge is -2.61. The highest BCUT2D eigenvalue weighted by atomic mass is 16.5. The maximum atomic E-state index is 13.1. The normalized spacial score (nSPS) is 34.3. The molecule has 3 atom stereocenters. The summed E-state index contributed by atoms with van der Waals surface area (Å²) in [7, 11) is 1.52. The largest absolute Gasteiger partial charge is 0.467 e. The van der Waals surface area contributed by atoms with Gasteiger partial charge in [-0.3, -0.25) is 4.90 Å². The Kier molecular flexibility index (Phi) is 3.11. The van der Waals surface area contributed by atoms with Crippen LogP contribution in [-0.2, 0) is 21.5 Å². The molecule has 1 aromatic carbocycles. The van der Waals surface area contributed by atoms with E-state index in [9.17, 15) is 4.79 Å². The monoisotopic (exact) mass is 350 g/mol. The first-order valence-corrected chi connectivity index (χ1v) is 9.56. The molecule has 26 heavy (non-hydrogen) atoms. The first-order valence-electron chi connectivity index (χ1n) is 9.56. The summed E-state index contributed by atoms with van der Waals surface area (Å²) < 4.78 is 7.66. The highest BCUT2D eigenvalue weighted by Gasteiger charge is 2.61. The minimum atomic E-state index is -0.305. The number of allylic oxidation sites excluding steroid dienone is 1. The van der Waals surface area contributed by atoms with Crippen molar-refractivity contribution < 1.29 is 9.53 Å². The van der Waals surface area contributed by atoms with E-state index in [2.05, 4.69) is 60.6 Å². The summed E-state index contributed by atoms with van der Waals surface area (Å²) in [5.41, 5.74) is 5.04. The molecule has 136 valence electrons. The number of para-hydroxylation sites is 1. The molecule has 2 aromatic rings. The second-order valence-electron chi connectivity index (χ2n) is 8.49. The number of esters is 1. The molecule has 4 heteroatoms. The molecule has 0 saturated carbocycles. The number of aromatic nitrogens is 1. The number of benzene rings is 1. The lowest BCUT2D eigenvalue weighted by Crippen LogP contribution is -2.63. The van der Waals surface area contributed by atoms with Gasteiger partial charge in [0.2, 0.25) is 0 Å². The van der Waals surface area contributed by atoms with Crippen LogP contribution >= 0.6 is 0 Å². The number of methoxy groups -OCH3 is 1. The molecule has 1 fully saturated rings. The smallest absolute Gasteiger partial charge is 0.329 e. The van der Waals surface area contributed by atoms with Gasteiger partial charge in [-0.15, -0.1) is 0 Å². The van der Waals surface area contributed by atoms with E-state index in [0.29, 0.717) is 0 Å². The van der Waals surface area contributed by atoms with Crippen molar-refractivity contribution in [2.75, 3.05) is 20.2 Å². The number of ether oxygens (including phenoxy) is 1. The molecule has 0 radical (unpaired) electrons. The zero-order valence-corrected chi connectivity index (χ0v) is 16.0. The predicted octanol–water partition coefficient (Wildman–Crippen LogP) is 3.80. The van der Waals surface area contributed by atoms with Crippen LogP contribution in [-0.4, -0.2) is 35.6 Å². The van der Waals surface area contributed by atoms with Gasteiger partial charge in [-0.1, -0.05) is 36.8 Å². The maximum absolute atomic E-state index is 13.1. The van der Waals surface area contributed by atoms with Gasteiger partial charge >= 0.3 is 5.97 Å². The lowest BCUT2D eigenvalue weighted by molar-refractivity contribution is -0.152. The molecule has 1 aromatic heterocycles. The van der Waals surface area contributed by atoms with Gasteiger partial charge in [0.1, 0.15) is 6.04 Å². The summed E-state index contributed by atoms with van der Waals surface area (Å²) in [5.74, 6) is -0.128. The summed E-state index contributed by atoms with van der Waals surface area (Å²) in [5, 5.41) is 1.30. The van der Waals surface area contributed by atoms with E-state index >= 15 is 0 Å². The first-order chi connectivity index (χ1) is 12.5. The average Bonchev–Trinajstić information content (AvgIpc) is 2.96. The fourth-order valence-corrected chi connectivity index (χ4v) is 6.20. The van der Waals surface area contributed by atoms with Crippen LogP contribution in [0.3, 0.4) is 0 Å². The molecule has 4 heterocycles. The quantitative estimate of drug-likeness (QED) is 0.580. The molecule has 5 rings (SSSR count). The van der Waals surface area contributed by atoms with Crippen molar-refractivity contribution in [2.24, 2.45) is 5.41 Å². The number of carbonyl (C=O) groups is 1. The van der Waals surface area contributed by atoms with E-state index in [1.807, 2.05) is 0 Å². The van der Waals surface area contributed by atoms with E-state index in [4.69, 9.17) is 4.74 Å². The molecule has 2 bridgehead atoms. The van der Waals surface area contributed by atoms with E-state index in [0.717, 1.165) is 25.9 Å². The Morgan fingerprint density at radius 2 is 2.08 bits per heavy atom. The predicted molar refractivity (Wildman–Crippen MR) is 102 cm³/mol. The van der Waals surface area contributed by atoms with Gasteiger partial charge < -0.3 is 9.30 Å². The molecular formula is C22H26N2O2. The van der Waals surface area contributed by atoms with Crippen LogP contribution in [0.15, 0.2) is 35.9 Å². The lowest BCUT2D eigenvalue weighted by atomic mass is 9.59. The third-order valence-corrected chi connectivity index (χ3v) is 7.30. The molecule has 0 amide bonds. The second kappa shape index (κ2) is 5.01. The van der Waals surface area contributed by atoms with Crippen molar-refractivity contribution in [2.45, 2.75) is 45.2 Å². The Hall–Kier alpha value is -2.07. The van der Waals surface area contributed by atoms with Crippen molar-refractivity contribution in [3.63, 3.8) is 0 Å². The number of rotatable bonds is 1. The van der Waals surface area contributed by atoms with Crippen LogP contribution in [0, 0.1) is 5.41 Å². The van der Waals surface area contributed by atoms with Crippen molar-refractivity contribution in [1.29, 1.82) is 0 Å². The number of fused-ring (bicyclic) bond motifs is 4. The number of hydrogen-bond acceptors (Lipinski definition) is 3. The van der Waals surface area contributed by atoms with Crippen molar-refractivity contribution in [1.82, 2.24) is 9.47 Å². The zero-order chi connectivity index (χ0) is 18.3. The van der Waals surface area contributed by atoms with Crippen LogP contribution < -0.4 is 0 Å². The summed E-state index contributed by atoms with van der Waals surface area (Å²) in [6, 6.07) is 8.26. The van der Waals surface area contributed by atoms with Crippen LogP contribution in [0.25, 0.3) is 10.9 Å². The molecular weight excluding hydrogens is 324 g/mol. The van der Waals surface area contributed by atoms with Crippen molar-refractivity contribution in [3.8, 4) is 0 Å². The molecule has 1 saturated heterocycles. The Labute approximate surface area is 154 Å². The summed E-state index contributed by atoms with van der Waals surface area (Å²) in [6.07, 6.45) is 4.23. The zero-order valence-electron chi connectivity index (χ0n) is 16.0. The molecule has 4 nitrogen and oxygen atoms in total. The van der Waals surface area contributed by atoms with Gasteiger partial charge in [0, 0.05) is 35.1 Å². The Morgan fingerprint density at radius 1 is 1.31 bits per heavy atom. The molecule has 3 aliphatic heterocycles. The molecule has 3 aliphatic rings.